The first-order valence-corrected chi connectivity index (χ1v) is 7.05. The number of halogens is 1. The van der Waals surface area contributed by atoms with Crippen LogP contribution in [0.2, 0.25) is 0 Å². The smallest absolute Gasteiger partial charge is 0.0443 e. The van der Waals surface area contributed by atoms with Crippen molar-refractivity contribution in [1.82, 2.24) is 4.90 Å². The van der Waals surface area contributed by atoms with Gasteiger partial charge in [0, 0.05) is 31.1 Å². The summed E-state index contributed by atoms with van der Waals surface area (Å²) in [6.45, 7) is 11.4. The van der Waals surface area contributed by atoms with Crippen LogP contribution in [0.15, 0.2) is 0 Å². The van der Waals surface area contributed by atoms with Crippen LogP contribution in [0.1, 0.15) is 34.1 Å². The third-order valence-electron chi connectivity index (χ3n) is 2.94. The number of aliphatic hydroxyl groups excluding tert-OH is 1. The predicted molar refractivity (Wildman–Crippen MR) is 70.5 cm³/mol. The van der Waals surface area contributed by atoms with Gasteiger partial charge in [-0.3, -0.25) is 0 Å². The van der Waals surface area contributed by atoms with Crippen molar-refractivity contribution in [2.24, 2.45) is 11.8 Å². The summed E-state index contributed by atoms with van der Waals surface area (Å²) in [6.07, 6.45) is 0.880. The molecule has 3 heteroatoms. The number of alkyl halides is 1. The Morgan fingerprint density at radius 1 is 1.20 bits per heavy atom. The van der Waals surface area contributed by atoms with Gasteiger partial charge in [-0.2, -0.15) is 0 Å². The van der Waals surface area contributed by atoms with Gasteiger partial charge in [0.25, 0.3) is 0 Å². The van der Waals surface area contributed by atoms with E-state index >= 15 is 0 Å². The van der Waals surface area contributed by atoms with E-state index in [1.165, 1.54) is 0 Å². The fraction of sp³-hybridized carbons (Fsp3) is 1.00. The molecule has 15 heavy (non-hydrogen) atoms. The van der Waals surface area contributed by atoms with E-state index in [0.717, 1.165) is 24.8 Å². The van der Waals surface area contributed by atoms with Crippen LogP contribution < -0.4 is 0 Å². The van der Waals surface area contributed by atoms with E-state index in [4.69, 9.17) is 5.11 Å². The second kappa shape index (κ2) is 8.54. The molecule has 2 nitrogen and oxygen atoms in total. The van der Waals surface area contributed by atoms with Crippen LogP contribution >= 0.6 is 15.9 Å². The fourth-order valence-electron chi connectivity index (χ4n) is 1.57. The van der Waals surface area contributed by atoms with Gasteiger partial charge in [-0.25, -0.2) is 0 Å². The average molecular weight is 280 g/mol. The number of aliphatic hydroxyl groups is 1. The molecule has 0 fully saturated rings. The van der Waals surface area contributed by atoms with Crippen molar-refractivity contribution < 1.29 is 5.11 Å². The zero-order valence-electron chi connectivity index (χ0n) is 10.5. The lowest BCUT2D eigenvalue weighted by atomic mass is 9.97. The summed E-state index contributed by atoms with van der Waals surface area (Å²) in [5, 5.41) is 9.92. The lowest BCUT2D eigenvalue weighted by molar-refractivity contribution is 0.158. The molecule has 0 saturated heterocycles. The third kappa shape index (κ3) is 6.54. The maximum Gasteiger partial charge on any atom is 0.0443 e. The zero-order chi connectivity index (χ0) is 11.8. The number of hydrogen-bond donors (Lipinski definition) is 1. The predicted octanol–water partition coefficient (Wildman–Crippen LogP) is 2.75. The number of nitrogens with zero attached hydrogens (tertiary/aromatic N) is 1. The molecule has 1 atom stereocenters. The molecule has 1 unspecified atom stereocenters. The largest absolute Gasteiger partial charge is 0.396 e. The molecule has 0 aromatic rings. The molecular formula is C12H26BrNO. The van der Waals surface area contributed by atoms with Crippen LogP contribution in [0.5, 0.6) is 0 Å². The lowest BCUT2D eigenvalue weighted by Crippen LogP contribution is -2.38. The number of hydrogen-bond acceptors (Lipinski definition) is 2. The Hall–Kier alpha value is 0.400. The molecule has 0 heterocycles. The van der Waals surface area contributed by atoms with E-state index in [1.54, 1.807) is 0 Å². The van der Waals surface area contributed by atoms with Crippen molar-refractivity contribution in [1.29, 1.82) is 0 Å². The maximum absolute atomic E-state index is 8.86. The molecule has 92 valence electrons. The van der Waals surface area contributed by atoms with Gasteiger partial charge in [-0.15, -0.1) is 0 Å². The molecule has 1 N–H and O–H groups in total. The van der Waals surface area contributed by atoms with Crippen LogP contribution in [-0.2, 0) is 0 Å². The summed E-state index contributed by atoms with van der Waals surface area (Å²) in [6, 6.07) is 0.567. The van der Waals surface area contributed by atoms with Crippen LogP contribution in [0.25, 0.3) is 0 Å². The highest BCUT2D eigenvalue weighted by Crippen LogP contribution is 2.16. The van der Waals surface area contributed by atoms with Gasteiger partial charge >= 0.3 is 0 Å². The molecule has 0 aliphatic carbocycles. The minimum Gasteiger partial charge on any atom is -0.396 e. The van der Waals surface area contributed by atoms with Gasteiger partial charge in [0.05, 0.1) is 0 Å². The molecule has 0 amide bonds. The minimum atomic E-state index is 0.296. The van der Waals surface area contributed by atoms with Crippen molar-refractivity contribution in [3.05, 3.63) is 0 Å². The Morgan fingerprint density at radius 3 is 2.13 bits per heavy atom. The Kier molecular flexibility index (Phi) is 8.77. The first kappa shape index (κ1) is 15.4. The van der Waals surface area contributed by atoms with Gasteiger partial charge in [0.15, 0.2) is 0 Å². The van der Waals surface area contributed by atoms with Crippen molar-refractivity contribution in [2.75, 3.05) is 25.0 Å². The highest BCUT2D eigenvalue weighted by Gasteiger charge is 2.18. The van der Waals surface area contributed by atoms with Gasteiger partial charge < -0.3 is 10.0 Å². The van der Waals surface area contributed by atoms with E-state index in [9.17, 15) is 0 Å². The van der Waals surface area contributed by atoms with Crippen LogP contribution in [-0.4, -0.2) is 41.1 Å². The normalized spacial score (nSPS) is 14.2. The van der Waals surface area contributed by atoms with E-state index in [0.29, 0.717) is 24.5 Å². The Bertz CT molecular complexity index is 151. The van der Waals surface area contributed by atoms with E-state index < -0.39 is 0 Å². The zero-order valence-corrected chi connectivity index (χ0v) is 12.1. The monoisotopic (exact) mass is 279 g/mol. The summed E-state index contributed by atoms with van der Waals surface area (Å²) >= 11 is 3.59. The molecule has 0 aliphatic heterocycles. The molecule has 0 saturated carbocycles. The Balaban J connectivity index is 4.12. The van der Waals surface area contributed by atoms with Gasteiger partial charge in [-0.05, 0) is 32.1 Å². The second-order valence-corrected chi connectivity index (χ2v) is 5.47. The highest BCUT2D eigenvalue weighted by molar-refractivity contribution is 9.09. The first-order valence-electron chi connectivity index (χ1n) is 5.93. The molecule has 0 radical (unpaired) electrons. The SMILES string of the molecule is CC(C)C(CBr)CN(CCCO)C(C)C. The summed E-state index contributed by atoms with van der Waals surface area (Å²) in [7, 11) is 0. The topological polar surface area (TPSA) is 23.5 Å². The summed E-state index contributed by atoms with van der Waals surface area (Å²) < 4.78 is 0. The standard InChI is InChI=1S/C12H26BrNO/c1-10(2)12(8-13)9-14(11(3)4)6-5-7-15/h10-12,15H,5-9H2,1-4H3. The highest BCUT2D eigenvalue weighted by atomic mass is 79.9. The fourth-order valence-corrected chi connectivity index (χ4v) is 2.53. The van der Waals surface area contributed by atoms with Crippen molar-refractivity contribution >= 4 is 15.9 Å². The molecule has 0 aromatic heterocycles. The van der Waals surface area contributed by atoms with Crippen LogP contribution in [0.3, 0.4) is 0 Å². The quantitative estimate of drug-likeness (QED) is 0.691. The van der Waals surface area contributed by atoms with Crippen LogP contribution in [0, 0.1) is 11.8 Å². The van der Waals surface area contributed by atoms with E-state index in [1.807, 2.05) is 0 Å². The molecule has 0 aliphatic rings. The number of rotatable bonds is 8. The van der Waals surface area contributed by atoms with Gasteiger partial charge in [-0.1, -0.05) is 29.8 Å². The van der Waals surface area contributed by atoms with Gasteiger partial charge in [0.1, 0.15) is 0 Å². The van der Waals surface area contributed by atoms with E-state index in [-0.39, 0.29) is 0 Å². The lowest BCUT2D eigenvalue weighted by Gasteiger charge is -2.31. The summed E-state index contributed by atoms with van der Waals surface area (Å²) in [4.78, 5) is 2.46. The molecule has 0 rings (SSSR count). The first-order chi connectivity index (χ1) is 7.02. The van der Waals surface area contributed by atoms with Crippen molar-refractivity contribution in [3.63, 3.8) is 0 Å². The average Bonchev–Trinajstić information content (AvgIpc) is 2.17. The van der Waals surface area contributed by atoms with Gasteiger partial charge in [0.2, 0.25) is 0 Å². The maximum atomic E-state index is 8.86. The Morgan fingerprint density at radius 2 is 1.80 bits per heavy atom. The summed E-state index contributed by atoms with van der Waals surface area (Å²) in [5.74, 6) is 1.41. The van der Waals surface area contributed by atoms with E-state index in [2.05, 4.69) is 48.5 Å². The molecule has 0 aromatic carbocycles. The second-order valence-electron chi connectivity index (χ2n) is 4.82. The minimum absolute atomic E-state index is 0.296. The molecular weight excluding hydrogens is 254 g/mol. The Labute approximate surface area is 103 Å². The van der Waals surface area contributed by atoms with Crippen molar-refractivity contribution in [3.8, 4) is 0 Å². The van der Waals surface area contributed by atoms with Crippen molar-refractivity contribution in [2.45, 2.75) is 40.2 Å². The molecule has 0 bridgehead atoms. The van der Waals surface area contributed by atoms with Crippen LogP contribution in [0.4, 0.5) is 0 Å². The third-order valence-corrected chi connectivity index (χ3v) is 3.78. The molecule has 0 spiro atoms. The summed E-state index contributed by atoms with van der Waals surface area (Å²) in [5.41, 5.74) is 0.